The van der Waals surface area contributed by atoms with Crippen molar-refractivity contribution in [3.05, 3.63) is 460 Å². The second-order valence-electron chi connectivity index (χ2n) is 33.8. The van der Waals surface area contributed by atoms with Gasteiger partial charge in [-0.15, -0.1) is 0 Å². The molecule has 0 bridgehead atoms. The standard InChI is InChI=1S/C120H80N4/c1-3-18-77(19-4-1)79-34-38-81(39-35-79)84-46-57-95(58-47-84)121-113-30-13-9-26-103(113)109-72-91(53-66-117(109)121)92-54-67-118-110(73-92)104-27-10-14-31-114(104)123(118)97-61-50-86(51-62-97)83-42-44-87(45-43-83)88-22-17-23-89(70-88)90-52-64-101-99-24-7-8-25-100(99)108-76-98(63-65-102(108)107(101)71-90)124-116-33-16-12-29-106(116)112-75-94(56-69-120(112)124)93-55-68-119-111(74-93)105-28-11-15-32-115(105)122(119)96-59-48-85(49-60-96)82-40-36-80(37-41-82)78-20-5-2-6-21-78/h1-69,72-76,89-90H,70-71H2. The molecule has 0 saturated heterocycles. The normalized spacial score (nSPS) is 14.0. The van der Waals surface area contributed by atoms with Crippen LogP contribution in [0, 0.1) is 11.8 Å². The lowest BCUT2D eigenvalue weighted by Crippen LogP contribution is -2.18. The topological polar surface area (TPSA) is 19.7 Å². The lowest BCUT2D eigenvalue weighted by Gasteiger charge is -2.30. The van der Waals surface area contributed by atoms with Gasteiger partial charge in [0, 0.05) is 65.8 Å². The summed E-state index contributed by atoms with van der Waals surface area (Å²) in [5.41, 5.74) is 36.5. The summed E-state index contributed by atoms with van der Waals surface area (Å²) < 4.78 is 9.76. The Morgan fingerprint density at radius 2 is 0.460 bits per heavy atom. The Hall–Kier alpha value is -15.9. The van der Waals surface area contributed by atoms with Gasteiger partial charge in [-0.3, -0.25) is 0 Å². The molecule has 0 N–H and O–H groups in total. The molecule has 580 valence electrons. The minimum Gasteiger partial charge on any atom is -0.309 e. The van der Waals surface area contributed by atoms with Crippen molar-refractivity contribution in [1.82, 2.24) is 18.3 Å². The van der Waals surface area contributed by atoms with Gasteiger partial charge in [0.25, 0.3) is 0 Å². The van der Waals surface area contributed by atoms with E-state index in [-0.39, 0.29) is 0 Å². The van der Waals surface area contributed by atoms with Crippen molar-refractivity contribution in [1.29, 1.82) is 0 Å². The van der Waals surface area contributed by atoms with Crippen LogP contribution >= 0.6 is 0 Å². The number of hydrogen-bond acceptors (Lipinski definition) is 0. The minimum absolute atomic E-state index is 0.340. The van der Waals surface area contributed by atoms with E-state index in [1.54, 1.807) is 0 Å². The average molecular weight is 1580 g/mol. The van der Waals surface area contributed by atoms with Gasteiger partial charge in [-0.05, 0) is 268 Å². The highest BCUT2D eigenvalue weighted by Crippen LogP contribution is 2.47. The monoisotopic (exact) mass is 1580 g/mol. The molecule has 0 aliphatic heterocycles. The average Bonchev–Trinajstić information content (AvgIpc) is 1.68. The molecule has 0 fully saturated rings. The third-order valence-electron chi connectivity index (χ3n) is 27.0. The summed E-state index contributed by atoms with van der Waals surface area (Å²) in [4.78, 5) is 0. The fourth-order valence-electron chi connectivity index (χ4n) is 20.8. The van der Waals surface area contributed by atoms with Crippen LogP contribution in [0.2, 0.25) is 0 Å². The Morgan fingerprint density at radius 3 is 0.839 bits per heavy atom. The summed E-state index contributed by atoms with van der Waals surface area (Å²) in [6, 6.07) is 156. The number of aromatic nitrogens is 4. The zero-order valence-corrected chi connectivity index (χ0v) is 68.1. The molecule has 2 aliphatic carbocycles. The van der Waals surface area contributed by atoms with Crippen LogP contribution in [0.5, 0.6) is 0 Å². The van der Waals surface area contributed by atoms with Gasteiger partial charge in [-0.25, -0.2) is 0 Å². The van der Waals surface area contributed by atoms with E-state index in [9.17, 15) is 0 Å². The molecule has 2 atom stereocenters. The molecule has 0 saturated carbocycles. The van der Waals surface area contributed by atoms with Crippen molar-refractivity contribution in [2.75, 3.05) is 0 Å². The highest BCUT2D eigenvalue weighted by molar-refractivity contribution is 6.17. The summed E-state index contributed by atoms with van der Waals surface area (Å²) >= 11 is 0. The lowest BCUT2D eigenvalue weighted by molar-refractivity contribution is 0.478. The molecular formula is C120H80N4. The lowest BCUT2D eigenvalue weighted by atomic mass is 9.74. The Kier molecular flexibility index (Phi) is 16.6. The molecule has 0 amide bonds. The largest absolute Gasteiger partial charge is 0.309 e. The van der Waals surface area contributed by atoms with Crippen molar-refractivity contribution < 1.29 is 0 Å². The number of nitrogens with zero attached hydrogens (tertiary/aromatic N) is 4. The van der Waals surface area contributed by atoms with Gasteiger partial charge >= 0.3 is 0 Å². The third-order valence-corrected chi connectivity index (χ3v) is 27.0. The van der Waals surface area contributed by atoms with Gasteiger partial charge in [-0.1, -0.05) is 328 Å². The Bertz CT molecular complexity index is 8340. The van der Waals surface area contributed by atoms with Crippen LogP contribution in [0.3, 0.4) is 0 Å². The van der Waals surface area contributed by atoms with Crippen LogP contribution in [0.25, 0.3) is 221 Å². The van der Waals surface area contributed by atoms with Crippen LogP contribution in [0.4, 0.5) is 0 Å². The van der Waals surface area contributed by atoms with Gasteiger partial charge < -0.3 is 18.3 Å². The van der Waals surface area contributed by atoms with E-state index in [2.05, 4.69) is 467 Å². The summed E-state index contributed by atoms with van der Waals surface area (Å²) in [5.74, 6) is 0.692. The Labute approximate surface area is 718 Å². The summed E-state index contributed by atoms with van der Waals surface area (Å²) in [6.45, 7) is 0. The predicted octanol–water partition coefficient (Wildman–Crippen LogP) is 31.9. The van der Waals surface area contributed by atoms with E-state index in [0.29, 0.717) is 11.8 Å². The molecule has 2 aliphatic rings. The number of hydrogen-bond donors (Lipinski definition) is 0. The van der Waals surface area contributed by atoms with Crippen molar-refractivity contribution in [3.8, 4) is 101 Å². The molecule has 19 aromatic carbocycles. The number of benzene rings is 19. The SMILES string of the molecule is C1=CC(C2C=Cc3c(c4ccc(-n5c6ccccc6c6cc(-c7ccc8c(c7)c7ccccc7n8-c7ccc(-c8ccc(-c9ccccc9)cc8)cc7)ccc65)cc4c4ccccc34)C2)CC(c2ccc(-c3ccc(-n4c5ccccc5c5cc(-c6ccc7c(c6)c6ccccc6n7-c6ccc(-c7ccc(-c8ccccc8)cc7)cc6)ccc54)cc3)cc2)=C1. The maximum absolute atomic E-state index is 2.52. The Morgan fingerprint density at radius 1 is 0.177 bits per heavy atom. The zero-order valence-electron chi connectivity index (χ0n) is 68.1. The number of allylic oxidation sites excluding steroid dienone is 5. The van der Waals surface area contributed by atoms with Gasteiger partial charge in [0.05, 0.1) is 44.1 Å². The van der Waals surface area contributed by atoms with Crippen LogP contribution < -0.4 is 0 Å². The molecule has 0 radical (unpaired) electrons. The van der Waals surface area contributed by atoms with E-state index in [4.69, 9.17) is 0 Å². The molecular weight excluding hydrogens is 1500 g/mol. The molecule has 2 unspecified atom stereocenters. The van der Waals surface area contributed by atoms with E-state index in [1.165, 1.54) is 209 Å². The van der Waals surface area contributed by atoms with Crippen LogP contribution in [-0.4, -0.2) is 18.3 Å². The third kappa shape index (κ3) is 11.8. The predicted molar refractivity (Wildman–Crippen MR) is 525 cm³/mol. The summed E-state index contributed by atoms with van der Waals surface area (Å²) in [7, 11) is 0. The van der Waals surface area contributed by atoms with Crippen molar-refractivity contribution >= 4 is 120 Å². The molecule has 23 aromatic rings. The zero-order chi connectivity index (χ0) is 81.5. The Balaban J connectivity index is 0.462. The van der Waals surface area contributed by atoms with Crippen molar-refractivity contribution in [2.45, 2.75) is 12.8 Å². The molecule has 0 spiro atoms. The first-order chi connectivity index (χ1) is 61.4. The number of rotatable bonds is 13. The maximum Gasteiger partial charge on any atom is 0.0541 e. The molecule has 4 aromatic heterocycles. The van der Waals surface area contributed by atoms with E-state index in [1.807, 2.05) is 0 Å². The molecule has 4 heteroatoms. The van der Waals surface area contributed by atoms with Crippen LogP contribution in [0.1, 0.15) is 23.1 Å². The van der Waals surface area contributed by atoms with Crippen molar-refractivity contribution in [3.63, 3.8) is 0 Å². The highest BCUT2D eigenvalue weighted by Gasteiger charge is 2.29. The first-order valence-electron chi connectivity index (χ1n) is 43.4. The van der Waals surface area contributed by atoms with Crippen LogP contribution in [-0.2, 0) is 6.42 Å². The quantitative estimate of drug-likeness (QED) is 0.103. The smallest absolute Gasteiger partial charge is 0.0541 e. The van der Waals surface area contributed by atoms with Gasteiger partial charge in [0.2, 0.25) is 0 Å². The first-order valence-corrected chi connectivity index (χ1v) is 43.4. The molecule has 4 heterocycles. The second-order valence-corrected chi connectivity index (χ2v) is 33.8. The number of fused-ring (bicyclic) bond motifs is 18. The highest BCUT2D eigenvalue weighted by atomic mass is 15.0. The first kappa shape index (κ1) is 71.1. The van der Waals surface area contributed by atoms with E-state index >= 15 is 0 Å². The van der Waals surface area contributed by atoms with Crippen molar-refractivity contribution in [2.24, 2.45) is 11.8 Å². The van der Waals surface area contributed by atoms with E-state index < -0.39 is 0 Å². The van der Waals surface area contributed by atoms with Gasteiger partial charge in [0.15, 0.2) is 0 Å². The summed E-state index contributed by atoms with van der Waals surface area (Å²) in [6.07, 6.45) is 14.0. The summed E-state index contributed by atoms with van der Waals surface area (Å²) in [5, 5.41) is 15.1. The molecule has 124 heavy (non-hydrogen) atoms. The fraction of sp³-hybridized carbons (Fsp3) is 0.0333. The van der Waals surface area contributed by atoms with Crippen LogP contribution in [0.15, 0.2) is 443 Å². The van der Waals surface area contributed by atoms with Gasteiger partial charge in [-0.2, -0.15) is 0 Å². The van der Waals surface area contributed by atoms with E-state index in [0.717, 1.165) is 35.6 Å². The maximum atomic E-state index is 2.52. The minimum atomic E-state index is 0.340. The molecule has 25 rings (SSSR count). The fourth-order valence-corrected chi connectivity index (χ4v) is 20.8. The number of para-hydroxylation sites is 4. The van der Waals surface area contributed by atoms with Gasteiger partial charge in [0.1, 0.15) is 0 Å². The second kappa shape index (κ2) is 29.0. The molecule has 4 nitrogen and oxygen atoms in total.